The van der Waals surface area contributed by atoms with Crippen LogP contribution in [0.4, 0.5) is 13.2 Å². The first-order chi connectivity index (χ1) is 10.3. The van der Waals surface area contributed by atoms with E-state index in [0.717, 1.165) is 12.1 Å². The highest BCUT2D eigenvalue weighted by molar-refractivity contribution is 6.56. The predicted octanol–water partition coefficient (Wildman–Crippen LogP) is 7.36. The van der Waals surface area contributed by atoms with Crippen molar-refractivity contribution < 1.29 is 17.9 Å². The molecule has 0 aliphatic carbocycles. The van der Waals surface area contributed by atoms with Gasteiger partial charge in [-0.15, -0.1) is 0 Å². The summed E-state index contributed by atoms with van der Waals surface area (Å²) in [4.78, 5) is 0. The highest BCUT2D eigenvalue weighted by atomic mass is 35.5. The van der Waals surface area contributed by atoms with Crippen LogP contribution in [0.1, 0.15) is 0 Å². The summed E-state index contributed by atoms with van der Waals surface area (Å²) in [5.74, 6) is -1.36. The maximum atomic E-state index is 14.1. The topological polar surface area (TPSA) is 9.23 Å². The molecule has 118 valence electrons. The van der Waals surface area contributed by atoms with Crippen LogP contribution in [-0.4, -0.2) is 6.61 Å². The monoisotopic (exact) mass is 408 g/mol. The summed E-state index contributed by atoms with van der Waals surface area (Å²) in [5.41, 5.74) is -0.574. The van der Waals surface area contributed by atoms with Crippen molar-refractivity contribution in [2.75, 3.05) is 0 Å². The van der Waals surface area contributed by atoms with Gasteiger partial charge >= 0.3 is 6.61 Å². The number of alkyl halides is 2. The highest BCUT2D eigenvalue weighted by Crippen LogP contribution is 2.50. The first kappa shape index (κ1) is 17.8. The van der Waals surface area contributed by atoms with Crippen molar-refractivity contribution in [3.63, 3.8) is 0 Å². The summed E-state index contributed by atoms with van der Waals surface area (Å²) >= 11 is 29.7. The Bertz CT molecular complexity index is 707. The molecule has 0 atom stereocenters. The molecule has 0 amide bonds. The van der Waals surface area contributed by atoms with Crippen LogP contribution in [-0.2, 0) is 0 Å². The van der Waals surface area contributed by atoms with Gasteiger partial charge in [-0.05, 0) is 12.1 Å². The molecule has 22 heavy (non-hydrogen) atoms. The highest BCUT2D eigenvalue weighted by Gasteiger charge is 2.25. The third-order valence-corrected chi connectivity index (χ3v) is 4.93. The number of benzene rings is 2. The lowest BCUT2D eigenvalue weighted by Crippen LogP contribution is -2.04. The second-order valence-electron chi connectivity index (χ2n) is 3.94. The molecule has 0 aliphatic rings. The molecule has 2 aromatic rings. The van der Waals surface area contributed by atoms with Crippen molar-refractivity contribution in [3.8, 4) is 16.9 Å². The van der Waals surface area contributed by atoms with Crippen LogP contribution in [0, 0.1) is 5.82 Å². The number of hydrogen-bond acceptors (Lipinski definition) is 1. The first-order valence-corrected chi connectivity index (χ1v) is 7.39. The van der Waals surface area contributed by atoms with Crippen molar-refractivity contribution >= 4 is 58.0 Å². The Labute approximate surface area is 148 Å². The van der Waals surface area contributed by atoms with E-state index in [1.165, 1.54) is 6.07 Å². The summed E-state index contributed by atoms with van der Waals surface area (Å²) in [6.45, 7) is -3.17. The molecule has 0 spiro atoms. The second kappa shape index (κ2) is 6.93. The molecule has 0 bridgehead atoms. The Hall–Kier alpha value is -0.520. The van der Waals surface area contributed by atoms with Gasteiger partial charge in [0, 0.05) is 5.56 Å². The molecule has 0 unspecified atom stereocenters. The predicted molar refractivity (Wildman–Crippen MR) is 83.5 cm³/mol. The smallest absolute Gasteiger partial charge is 0.387 e. The lowest BCUT2D eigenvalue weighted by Gasteiger charge is -2.16. The first-order valence-electron chi connectivity index (χ1n) is 5.50. The van der Waals surface area contributed by atoms with E-state index in [0.29, 0.717) is 0 Å². The van der Waals surface area contributed by atoms with Gasteiger partial charge in [-0.3, -0.25) is 0 Å². The lowest BCUT2D eigenvalue weighted by molar-refractivity contribution is -0.0495. The van der Waals surface area contributed by atoms with Gasteiger partial charge < -0.3 is 4.74 Å². The van der Waals surface area contributed by atoms with Crippen LogP contribution in [0.3, 0.4) is 0 Å². The van der Waals surface area contributed by atoms with Crippen molar-refractivity contribution in [1.29, 1.82) is 0 Å². The molecule has 0 radical (unpaired) electrons. The molecule has 0 saturated heterocycles. The van der Waals surface area contributed by atoms with Crippen LogP contribution < -0.4 is 4.74 Å². The van der Waals surface area contributed by atoms with Gasteiger partial charge in [-0.2, -0.15) is 8.78 Å². The third-order valence-electron chi connectivity index (χ3n) is 2.65. The lowest BCUT2D eigenvalue weighted by atomic mass is 10.0. The Kier molecular flexibility index (Phi) is 5.62. The summed E-state index contributed by atoms with van der Waals surface area (Å²) in [6.07, 6.45) is 0. The standard InChI is InChI=1S/C13H4Cl5F3O/c14-8-7(9(15)11(17)12(18)10(8)16)6-4(19)2-1-3-5(6)22-13(20)21/h1-3,13H. The zero-order valence-corrected chi connectivity index (χ0v) is 14.0. The minimum Gasteiger partial charge on any atom is -0.434 e. The molecule has 0 aliphatic heterocycles. The van der Waals surface area contributed by atoms with Crippen molar-refractivity contribution in [2.45, 2.75) is 6.61 Å². The van der Waals surface area contributed by atoms with Gasteiger partial charge in [-0.25, -0.2) is 4.39 Å². The Morgan fingerprint density at radius 3 is 1.77 bits per heavy atom. The molecule has 9 heteroatoms. The Morgan fingerprint density at radius 1 is 0.773 bits per heavy atom. The largest absolute Gasteiger partial charge is 0.434 e. The number of hydrogen-bond donors (Lipinski definition) is 0. The maximum absolute atomic E-state index is 14.1. The van der Waals surface area contributed by atoms with Crippen molar-refractivity contribution in [3.05, 3.63) is 49.1 Å². The number of halogens is 8. The average molecular weight is 410 g/mol. The summed E-state index contributed by atoms with van der Waals surface area (Å²) in [7, 11) is 0. The van der Waals surface area contributed by atoms with E-state index in [2.05, 4.69) is 4.74 Å². The fourth-order valence-electron chi connectivity index (χ4n) is 1.77. The van der Waals surface area contributed by atoms with E-state index in [4.69, 9.17) is 58.0 Å². The summed E-state index contributed by atoms with van der Waals surface area (Å²) in [6, 6.07) is 3.35. The fourth-order valence-corrected chi connectivity index (χ4v) is 3.09. The normalized spacial score (nSPS) is 11.1. The van der Waals surface area contributed by atoms with Gasteiger partial charge in [0.1, 0.15) is 11.6 Å². The Balaban J connectivity index is 2.83. The molecular formula is C13H4Cl5F3O. The van der Waals surface area contributed by atoms with Gasteiger partial charge in [0.05, 0.1) is 30.7 Å². The number of ether oxygens (including phenoxy) is 1. The minimum atomic E-state index is -3.17. The zero-order chi connectivity index (χ0) is 16.6. The minimum absolute atomic E-state index is 0.130. The van der Waals surface area contributed by atoms with E-state index in [1.807, 2.05) is 0 Å². The van der Waals surface area contributed by atoms with E-state index < -0.39 is 23.7 Å². The van der Waals surface area contributed by atoms with Crippen molar-refractivity contribution in [2.24, 2.45) is 0 Å². The van der Waals surface area contributed by atoms with Crippen LogP contribution in [0.15, 0.2) is 18.2 Å². The van der Waals surface area contributed by atoms with E-state index >= 15 is 0 Å². The molecule has 0 fully saturated rings. The summed E-state index contributed by atoms with van der Waals surface area (Å²) < 4.78 is 43.4. The van der Waals surface area contributed by atoms with Gasteiger partial charge in [0.15, 0.2) is 0 Å². The molecular weight excluding hydrogens is 406 g/mol. The van der Waals surface area contributed by atoms with E-state index in [-0.39, 0.29) is 30.7 Å². The van der Waals surface area contributed by atoms with Gasteiger partial charge in [0.2, 0.25) is 0 Å². The second-order valence-corrected chi connectivity index (χ2v) is 5.83. The zero-order valence-electron chi connectivity index (χ0n) is 10.2. The van der Waals surface area contributed by atoms with Gasteiger partial charge in [-0.1, -0.05) is 64.1 Å². The van der Waals surface area contributed by atoms with Crippen molar-refractivity contribution in [1.82, 2.24) is 0 Å². The van der Waals surface area contributed by atoms with Crippen LogP contribution in [0.25, 0.3) is 11.1 Å². The molecule has 0 aromatic heterocycles. The van der Waals surface area contributed by atoms with Crippen LogP contribution >= 0.6 is 58.0 Å². The molecule has 2 rings (SSSR count). The van der Waals surface area contributed by atoms with E-state index in [1.54, 1.807) is 0 Å². The van der Waals surface area contributed by atoms with E-state index in [9.17, 15) is 13.2 Å². The van der Waals surface area contributed by atoms with Crippen LogP contribution in [0.5, 0.6) is 5.75 Å². The SMILES string of the molecule is Fc1cccc(OC(F)F)c1-c1c(Cl)c(Cl)c(Cl)c(Cl)c1Cl. The molecule has 0 N–H and O–H groups in total. The average Bonchev–Trinajstić information content (AvgIpc) is 2.45. The quantitative estimate of drug-likeness (QED) is 0.379. The van der Waals surface area contributed by atoms with Gasteiger partial charge in [0.25, 0.3) is 0 Å². The molecule has 1 nitrogen and oxygen atoms in total. The molecule has 2 aromatic carbocycles. The number of rotatable bonds is 3. The molecule has 0 saturated carbocycles. The Morgan fingerprint density at radius 2 is 1.27 bits per heavy atom. The maximum Gasteiger partial charge on any atom is 0.387 e. The van der Waals surface area contributed by atoms with Crippen LogP contribution in [0.2, 0.25) is 25.1 Å². The molecule has 0 heterocycles. The fraction of sp³-hybridized carbons (Fsp3) is 0.0769. The summed E-state index contributed by atoms with van der Waals surface area (Å²) in [5, 5.41) is -0.955. The third kappa shape index (κ3) is 3.22.